The van der Waals surface area contributed by atoms with Gasteiger partial charge in [-0.25, -0.2) is 4.98 Å². The van der Waals surface area contributed by atoms with E-state index in [2.05, 4.69) is 186 Å². The molecule has 1 aliphatic carbocycles. The molecule has 3 aromatic heterocycles. The summed E-state index contributed by atoms with van der Waals surface area (Å²) in [5.41, 5.74) is 13.7. The van der Waals surface area contributed by atoms with Crippen LogP contribution in [0.5, 0.6) is 11.5 Å². The average molecular weight is 934 g/mol. The summed E-state index contributed by atoms with van der Waals surface area (Å²) < 4.78 is 13.2. The molecule has 11 rings (SSSR count). The first-order chi connectivity index (χ1) is 27.8. The Morgan fingerprint density at radius 2 is 1.33 bits per heavy atom. The van der Waals surface area contributed by atoms with Crippen LogP contribution >= 0.6 is 0 Å². The average Bonchev–Trinajstić information content (AvgIpc) is 3.70. The Balaban J connectivity index is 0.00000408. The Labute approximate surface area is 351 Å². The van der Waals surface area contributed by atoms with Gasteiger partial charge in [-0.3, -0.25) is 0 Å². The topological polar surface area (TPSA) is 42.3 Å². The molecule has 6 aromatic carbocycles. The molecule has 0 bridgehead atoms. The molecule has 58 heavy (non-hydrogen) atoms. The number of anilines is 2. The molecule has 0 fully saturated rings. The van der Waals surface area contributed by atoms with Crippen molar-refractivity contribution in [1.29, 1.82) is 0 Å². The minimum Gasteiger partial charge on any atom is -0.510 e. The molecule has 0 radical (unpaired) electrons. The fourth-order valence-corrected chi connectivity index (χ4v) is 9.48. The molecule has 0 atom stereocenters. The van der Waals surface area contributed by atoms with E-state index in [0.29, 0.717) is 11.5 Å². The molecule has 0 amide bonds. The SMILES string of the molecule is CN(C)c1cccc2c1C1(c3ccc(Oc4[c-]c5c(cc4)c4ccccc4n5-c4ccccn4)[c-]c3-n3[c-][n+](C)c4cccc1c43)c1c(cccc1N(C)C)C=C2.[Pt]. The number of pyridine rings is 1. The fourth-order valence-electron chi connectivity index (χ4n) is 9.48. The minimum atomic E-state index is -0.746. The maximum atomic E-state index is 6.79. The number of hydrogen-bond donors (Lipinski definition) is 0. The first-order valence-electron chi connectivity index (χ1n) is 19.2. The van der Waals surface area contributed by atoms with Crippen molar-refractivity contribution in [3.05, 3.63) is 179 Å². The van der Waals surface area contributed by atoms with Crippen LogP contribution in [0.15, 0.2) is 128 Å². The van der Waals surface area contributed by atoms with Crippen LogP contribution in [0.3, 0.4) is 0 Å². The number of fused-ring (bicyclic) bond motifs is 11. The maximum Gasteiger partial charge on any atom is 0.242 e. The third kappa shape index (κ3) is 4.96. The smallest absolute Gasteiger partial charge is 0.242 e. The van der Waals surface area contributed by atoms with Crippen molar-refractivity contribution < 1.29 is 30.4 Å². The summed E-state index contributed by atoms with van der Waals surface area (Å²) in [6, 6.07) is 50.2. The van der Waals surface area contributed by atoms with Crippen molar-refractivity contribution in [3.8, 4) is 23.0 Å². The van der Waals surface area contributed by atoms with Crippen LogP contribution in [0.1, 0.15) is 33.4 Å². The van der Waals surface area contributed by atoms with Crippen molar-refractivity contribution in [2.24, 2.45) is 7.05 Å². The normalized spacial score (nSPS) is 13.2. The van der Waals surface area contributed by atoms with Gasteiger partial charge >= 0.3 is 0 Å². The predicted octanol–water partition coefficient (Wildman–Crippen LogP) is 9.45. The van der Waals surface area contributed by atoms with Crippen LogP contribution in [0.2, 0.25) is 0 Å². The van der Waals surface area contributed by atoms with Crippen LogP contribution in [-0.4, -0.2) is 42.3 Å². The third-order valence-electron chi connectivity index (χ3n) is 11.7. The molecule has 7 nitrogen and oxygen atoms in total. The van der Waals surface area contributed by atoms with Crippen molar-refractivity contribution in [2.45, 2.75) is 5.41 Å². The molecule has 8 heteroatoms. The second kappa shape index (κ2) is 13.3. The van der Waals surface area contributed by atoms with E-state index < -0.39 is 5.41 Å². The first kappa shape index (κ1) is 35.9. The van der Waals surface area contributed by atoms with E-state index in [4.69, 9.17) is 9.72 Å². The summed E-state index contributed by atoms with van der Waals surface area (Å²) in [6.45, 7) is 0. The number of aryl methyl sites for hydroxylation is 1. The van der Waals surface area contributed by atoms with E-state index in [1.165, 1.54) is 27.8 Å². The van der Waals surface area contributed by atoms with E-state index in [-0.39, 0.29) is 21.1 Å². The Hall–Kier alpha value is -6.43. The molecule has 0 unspecified atom stereocenters. The maximum absolute atomic E-state index is 6.79. The number of imidazole rings is 1. The number of aromatic nitrogens is 4. The zero-order valence-electron chi connectivity index (χ0n) is 32.7. The van der Waals surface area contributed by atoms with Gasteiger partial charge < -0.3 is 28.2 Å². The molecule has 0 N–H and O–H groups in total. The largest absolute Gasteiger partial charge is 0.510 e. The first-order valence-corrected chi connectivity index (χ1v) is 19.2. The Bertz CT molecular complexity index is 3080. The summed E-state index contributed by atoms with van der Waals surface area (Å²) in [4.78, 5) is 9.20. The van der Waals surface area contributed by atoms with Gasteiger partial charge in [0.15, 0.2) is 0 Å². The monoisotopic (exact) mass is 933 g/mol. The van der Waals surface area contributed by atoms with Gasteiger partial charge in [0, 0.05) is 89.3 Å². The second-order valence-corrected chi connectivity index (χ2v) is 15.3. The van der Waals surface area contributed by atoms with E-state index in [0.717, 1.165) is 61.3 Å². The Kier molecular flexibility index (Phi) is 8.26. The van der Waals surface area contributed by atoms with Gasteiger partial charge in [0.1, 0.15) is 5.82 Å². The molecule has 0 saturated heterocycles. The van der Waals surface area contributed by atoms with Crippen molar-refractivity contribution in [2.75, 3.05) is 38.0 Å². The molecule has 2 aliphatic rings. The third-order valence-corrected chi connectivity index (χ3v) is 11.7. The van der Waals surface area contributed by atoms with E-state index in [9.17, 15) is 0 Å². The van der Waals surface area contributed by atoms with Gasteiger partial charge in [-0.2, -0.15) is 12.1 Å². The number of para-hydroxylation sites is 2. The van der Waals surface area contributed by atoms with Crippen molar-refractivity contribution >= 4 is 56.4 Å². The standard InChI is InChI=1S/C50H38N6O.Pt/c1-52(2)41-18-10-13-32-22-23-33-14-11-19-42(53(3)4)48(33)50(47(32)41)38-27-25-35(30-45(38)55-31-54(5)43-20-12-16-39(50)49(43)55)57-34-24-26-37-36-15-6-7-17-40(36)56(44(37)29-34)46-21-8-9-28-51-46;/h6-28H,1-5H3;/q-2;. The van der Waals surface area contributed by atoms with Crippen LogP contribution in [0.25, 0.3) is 56.5 Å². The van der Waals surface area contributed by atoms with E-state index >= 15 is 0 Å². The molecule has 1 aliphatic heterocycles. The molecular formula is C50H38N6OPt-2. The number of ether oxygens (including phenoxy) is 1. The van der Waals surface area contributed by atoms with E-state index in [1.807, 2.05) is 30.5 Å². The van der Waals surface area contributed by atoms with Gasteiger partial charge in [-0.1, -0.05) is 90.1 Å². The predicted molar refractivity (Wildman–Crippen MR) is 229 cm³/mol. The summed E-state index contributed by atoms with van der Waals surface area (Å²) in [6.07, 6.45) is 10.0. The van der Waals surface area contributed by atoms with Gasteiger partial charge in [0.05, 0.1) is 18.1 Å². The van der Waals surface area contributed by atoms with Gasteiger partial charge in [-0.05, 0) is 63.5 Å². The summed E-state index contributed by atoms with van der Waals surface area (Å²) >= 11 is 0. The number of rotatable bonds is 5. The Morgan fingerprint density at radius 3 is 2.03 bits per heavy atom. The quantitative estimate of drug-likeness (QED) is 0.128. The summed E-state index contributed by atoms with van der Waals surface area (Å²) in [7, 11) is 10.6. The molecule has 286 valence electrons. The van der Waals surface area contributed by atoms with Crippen LogP contribution in [0, 0.1) is 18.5 Å². The van der Waals surface area contributed by atoms with E-state index in [1.54, 1.807) is 0 Å². The van der Waals surface area contributed by atoms with Crippen LogP contribution < -0.4 is 19.1 Å². The molecule has 1 spiro atoms. The number of benzene rings is 6. The van der Waals surface area contributed by atoms with Gasteiger partial charge in [-0.15, -0.1) is 35.2 Å². The van der Waals surface area contributed by atoms with Crippen molar-refractivity contribution in [3.63, 3.8) is 0 Å². The molecule has 4 heterocycles. The second-order valence-electron chi connectivity index (χ2n) is 15.3. The summed E-state index contributed by atoms with van der Waals surface area (Å²) in [5.74, 6) is 2.01. The van der Waals surface area contributed by atoms with Crippen LogP contribution in [0.4, 0.5) is 11.4 Å². The minimum absolute atomic E-state index is 0. The molecule has 9 aromatic rings. The zero-order valence-corrected chi connectivity index (χ0v) is 35.0. The number of hydrogen-bond acceptors (Lipinski definition) is 4. The zero-order chi connectivity index (χ0) is 38.6. The molecule has 0 saturated carbocycles. The molecular weight excluding hydrogens is 896 g/mol. The van der Waals surface area contributed by atoms with Gasteiger partial charge in [0.2, 0.25) is 6.33 Å². The fraction of sp³-hybridized carbons (Fsp3) is 0.120. The Morgan fingerprint density at radius 1 is 0.655 bits per heavy atom. The van der Waals surface area contributed by atoms with Gasteiger partial charge in [0.25, 0.3) is 0 Å². The van der Waals surface area contributed by atoms with Crippen LogP contribution in [-0.2, 0) is 33.5 Å². The number of nitrogens with zero attached hydrogens (tertiary/aromatic N) is 6. The van der Waals surface area contributed by atoms with Crippen molar-refractivity contribution in [1.82, 2.24) is 14.1 Å². The summed E-state index contributed by atoms with van der Waals surface area (Å²) in [5, 5.41) is 2.22.